The third kappa shape index (κ3) is 4.28. The molecule has 16 heavy (non-hydrogen) atoms. The number of hydrogen-bond acceptors (Lipinski definition) is 3. The van der Waals surface area contributed by atoms with Crippen LogP contribution in [0.1, 0.15) is 26.7 Å². The smallest absolute Gasteiger partial charge is 0.224 e. The molecule has 1 rings (SSSR count). The van der Waals surface area contributed by atoms with Gasteiger partial charge in [-0.3, -0.25) is 4.79 Å². The van der Waals surface area contributed by atoms with Crippen LogP contribution in [0.4, 0.5) is 0 Å². The molecule has 1 amide bonds. The monoisotopic (exact) mass is 250 g/mol. The first kappa shape index (κ1) is 15.7. The van der Waals surface area contributed by atoms with Crippen molar-refractivity contribution in [2.24, 2.45) is 11.7 Å². The maximum absolute atomic E-state index is 11.8. The van der Waals surface area contributed by atoms with Gasteiger partial charge >= 0.3 is 0 Å². The van der Waals surface area contributed by atoms with E-state index in [1.807, 2.05) is 11.8 Å². The number of piperidine rings is 1. The normalized spacial score (nSPS) is 27.1. The molecule has 1 saturated heterocycles. The van der Waals surface area contributed by atoms with Crippen molar-refractivity contribution in [2.75, 3.05) is 20.2 Å². The number of amides is 1. The molecular weight excluding hydrogens is 228 g/mol. The first-order valence-corrected chi connectivity index (χ1v) is 5.60. The molecule has 0 saturated carbocycles. The third-order valence-electron chi connectivity index (χ3n) is 3.04. The number of rotatable bonds is 3. The second kappa shape index (κ2) is 7.09. The molecule has 1 aliphatic heterocycles. The lowest BCUT2D eigenvalue weighted by Gasteiger charge is -2.36. The summed E-state index contributed by atoms with van der Waals surface area (Å²) in [5.74, 6) is 0.688. The highest BCUT2D eigenvalue weighted by Crippen LogP contribution is 2.19. The van der Waals surface area contributed by atoms with Crippen molar-refractivity contribution >= 4 is 18.3 Å². The van der Waals surface area contributed by atoms with E-state index in [1.54, 1.807) is 7.11 Å². The van der Waals surface area contributed by atoms with Gasteiger partial charge in [0.1, 0.15) is 0 Å². The third-order valence-corrected chi connectivity index (χ3v) is 3.04. The van der Waals surface area contributed by atoms with Gasteiger partial charge in [0, 0.05) is 32.7 Å². The summed E-state index contributed by atoms with van der Waals surface area (Å²) in [7, 11) is 1.71. The SMILES string of the molecule is COC1CN(C(=O)CC(C)N)CCC1C.Cl. The van der Waals surface area contributed by atoms with Crippen molar-refractivity contribution in [1.82, 2.24) is 4.90 Å². The average molecular weight is 251 g/mol. The Morgan fingerprint density at radius 1 is 1.62 bits per heavy atom. The van der Waals surface area contributed by atoms with Crippen molar-refractivity contribution in [2.45, 2.75) is 38.8 Å². The minimum atomic E-state index is -0.0576. The molecule has 0 radical (unpaired) electrons. The van der Waals surface area contributed by atoms with Crippen LogP contribution in [0, 0.1) is 5.92 Å². The summed E-state index contributed by atoms with van der Waals surface area (Å²) in [5.41, 5.74) is 5.62. The molecule has 1 aliphatic rings. The molecule has 3 unspecified atom stereocenters. The van der Waals surface area contributed by atoms with Gasteiger partial charge in [-0.25, -0.2) is 0 Å². The zero-order chi connectivity index (χ0) is 11.4. The van der Waals surface area contributed by atoms with E-state index in [0.717, 1.165) is 13.0 Å². The summed E-state index contributed by atoms with van der Waals surface area (Å²) in [6.07, 6.45) is 1.63. The standard InChI is InChI=1S/C11H22N2O2.ClH/c1-8-4-5-13(7-10(8)15-3)11(14)6-9(2)12;/h8-10H,4-7,12H2,1-3H3;1H. The summed E-state index contributed by atoms with van der Waals surface area (Å²) >= 11 is 0. The van der Waals surface area contributed by atoms with Gasteiger partial charge in [-0.2, -0.15) is 0 Å². The molecule has 0 bridgehead atoms. The van der Waals surface area contributed by atoms with Crippen LogP contribution < -0.4 is 5.73 Å². The van der Waals surface area contributed by atoms with Crippen LogP contribution in [0.15, 0.2) is 0 Å². The van der Waals surface area contributed by atoms with E-state index >= 15 is 0 Å². The van der Waals surface area contributed by atoms with Crippen LogP contribution in [-0.4, -0.2) is 43.2 Å². The number of carbonyl (C=O) groups excluding carboxylic acids is 1. The van der Waals surface area contributed by atoms with Gasteiger partial charge in [0.05, 0.1) is 6.10 Å². The van der Waals surface area contributed by atoms with Crippen molar-refractivity contribution in [3.63, 3.8) is 0 Å². The summed E-state index contributed by atoms with van der Waals surface area (Å²) in [5, 5.41) is 0. The van der Waals surface area contributed by atoms with Crippen LogP contribution in [0.25, 0.3) is 0 Å². The summed E-state index contributed by atoms with van der Waals surface area (Å²) < 4.78 is 5.36. The van der Waals surface area contributed by atoms with Crippen LogP contribution in [0.2, 0.25) is 0 Å². The summed E-state index contributed by atoms with van der Waals surface area (Å²) in [6, 6.07) is -0.0576. The summed E-state index contributed by atoms with van der Waals surface area (Å²) in [6.45, 7) is 5.58. The van der Waals surface area contributed by atoms with Crippen LogP contribution in [0.5, 0.6) is 0 Å². The molecule has 1 heterocycles. The molecule has 4 nitrogen and oxygen atoms in total. The van der Waals surface area contributed by atoms with E-state index in [9.17, 15) is 4.79 Å². The van der Waals surface area contributed by atoms with Gasteiger partial charge in [-0.1, -0.05) is 6.92 Å². The van der Waals surface area contributed by atoms with Crippen molar-refractivity contribution < 1.29 is 9.53 Å². The molecule has 0 aromatic rings. The Labute approximate surface area is 104 Å². The average Bonchev–Trinajstić information content (AvgIpc) is 2.17. The Balaban J connectivity index is 0.00000225. The first-order chi connectivity index (χ1) is 7.04. The number of hydrogen-bond donors (Lipinski definition) is 1. The molecule has 0 aromatic heterocycles. The van der Waals surface area contributed by atoms with E-state index in [2.05, 4.69) is 6.92 Å². The molecule has 3 atom stereocenters. The molecule has 0 spiro atoms. The van der Waals surface area contributed by atoms with Gasteiger partial charge in [0.25, 0.3) is 0 Å². The Morgan fingerprint density at radius 2 is 2.25 bits per heavy atom. The second-order valence-electron chi connectivity index (χ2n) is 4.56. The number of ether oxygens (including phenoxy) is 1. The lowest BCUT2D eigenvalue weighted by atomic mass is 9.95. The van der Waals surface area contributed by atoms with Gasteiger partial charge in [0.15, 0.2) is 0 Å². The maximum Gasteiger partial charge on any atom is 0.224 e. The quantitative estimate of drug-likeness (QED) is 0.814. The highest BCUT2D eigenvalue weighted by Gasteiger charge is 2.28. The number of nitrogens with two attached hydrogens (primary N) is 1. The topological polar surface area (TPSA) is 55.6 Å². The van der Waals surface area contributed by atoms with Crippen molar-refractivity contribution in [3.05, 3.63) is 0 Å². The Hall–Kier alpha value is -0.320. The van der Waals surface area contributed by atoms with E-state index in [1.165, 1.54) is 0 Å². The van der Waals surface area contributed by atoms with Crippen molar-refractivity contribution in [1.29, 1.82) is 0 Å². The summed E-state index contributed by atoms with van der Waals surface area (Å²) in [4.78, 5) is 13.6. The van der Waals surface area contributed by atoms with Gasteiger partial charge in [-0.15, -0.1) is 12.4 Å². The van der Waals surface area contributed by atoms with E-state index in [-0.39, 0.29) is 30.5 Å². The van der Waals surface area contributed by atoms with Crippen molar-refractivity contribution in [3.8, 4) is 0 Å². The number of methoxy groups -OCH3 is 1. The van der Waals surface area contributed by atoms with Crippen LogP contribution in [-0.2, 0) is 9.53 Å². The van der Waals surface area contributed by atoms with Gasteiger partial charge < -0.3 is 15.4 Å². The Bertz CT molecular complexity index is 224. The molecule has 96 valence electrons. The Kier molecular flexibility index (Phi) is 6.95. The lowest BCUT2D eigenvalue weighted by molar-refractivity contribution is -0.136. The maximum atomic E-state index is 11.8. The van der Waals surface area contributed by atoms with Gasteiger partial charge in [0.2, 0.25) is 5.91 Å². The highest BCUT2D eigenvalue weighted by atomic mass is 35.5. The minimum absolute atomic E-state index is 0. The predicted molar refractivity (Wildman–Crippen MR) is 66.7 cm³/mol. The van der Waals surface area contributed by atoms with Gasteiger partial charge in [-0.05, 0) is 19.3 Å². The second-order valence-corrected chi connectivity index (χ2v) is 4.56. The molecule has 1 fully saturated rings. The number of nitrogens with zero attached hydrogens (tertiary/aromatic N) is 1. The molecule has 0 aromatic carbocycles. The minimum Gasteiger partial charge on any atom is -0.379 e. The lowest BCUT2D eigenvalue weighted by Crippen LogP contribution is -2.47. The fourth-order valence-corrected chi connectivity index (χ4v) is 1.97. The fourth-order valence-electron chi connectivity index (χ4n) is 1.97. The fraction of sp³-hybridized carbons (Fsp3) is 0.909. The zero-order valence-corrected chi connectivity index (χ0v) is 11.1. The zero-order valence-electron chi connectivity index (χ0n) is 10.3. The number of halogens is 1. The molecule has 0 aliphatic carbocycles. The predicted octanol–water partition coefficient (Wildman–Crippen LogP) is 1.03. The largest absolute Gasteiger partial charge is 0.379 e. The first-order valence-electron chi connectivity index (χ1n) is 5.60. The molecular formula is C11H23ClN2O2. The van der Waals surface area contributed by atoms with E-state index in [4.69, 9.17) is 10.5 Å². The molecule has 5 heteroatoms. The number of carbonyl (C=O) groups is 1. The van der Waals surface area contributed by atoms with E-state index in [0.29, 0.717) is 18.9 Å². The Morgan fingerprint density at radius 3 is 2.75 bits per heavy atom. The number of likely N-dealkylation sites (tertiary alicyclic amines) is 1. The highest BCUT2D eigenvalue weighted by molar-refractivity contribution is 5.85. The van der Waals surface area contributed by atoms with Crippen LogP contribution >= 0.6 is 12.4 Å². The van der Waals surface area contributed by atoms with Crippen LogP contribution in [0.3, 0.4) is 0 Å². The van der Waals surface area contributed by atoms with E-state index < -0.39 is 0 Å². The molecule has 2 N–H and O–H groups in total.